The van der Waals surface area contributed by atoms with Crippen molar-refractivity contribution in [2.24, 2.45) is 0 Å². The minimum atomic E-state index is -0.986. The number of benzene rings is 3. The van der Waals surface area contributed by atoms with Gasteiger partial charge in [0.1, 0.15) is 0 Å². The average Bonchev–Trinajstić information content (AvgIpc) is 3.11. The lowest BCUT2D eigenvalue weighted by Crippen LogP contribution is -2.10. The van der Waals surface area contributed by atoms with Gasteiger partial charge in [0, 0.05) is 23.5 Å². The Hall–Kier alpha value is -3.90. The average molecular weight is 414 g/mol. The van der Waals surface area contributed by atoms with E-state index in [2.05, 4.69) is 10.6 Å². The first-order valence-electron chi connectivity index (χ1n) is 9.99. The molecule has 6 nitrogen and oxygen atoms in total. The first-order chi connectivity index (χ1) is 15.1. The predicted octanol–water partition coefficient (Wildman–Crippen LogP) is 4.85. The Bertz CT molecular complexity index is 1150. The van der Waals surface area contributed by atoms with Crippen molar-refractivity contribution in [1.82, 2.24) is 0 Å². The molecule has 0 saturated carbocycles. The van der Waals surface area contributed by atoms with Crippen molar-refractivity contribution in [2.45, 2.75) is 13.5 Å². The van der Waals surface area contributed by atoms with E-state index in [-0.39, 0.29) is 11.5 Å². The molecule has 1 heterocycles. The first-order valence-corrected chi connectivity index (χ1v) is 9.99. The summed E-state index contributed by atoms with van der Waals surface area (Å²) in [5.74, 6) is -1.18. The molecule has 1 amide bonds. The van der Waals surface area contributed by atoms with Crippen molar-refractivity contribution >= 4 is 34.5 Å². The molecule has 1 aliphatic rings. The zero-order chi connectivity index (χ0) is 21.8. The molecular weight excluding hydrogens is 392 g/mol. The van der Waals surface area contributed by atoms with Crippen LogP contribution in [0.5, 0.6) is 0 Å². The summed E-state index contributed by atoms with van der Waals surface area (Å²) in [6, 6.07) is 21.8. The molecule has 1 aliphatic heterocycles. The van der Waals surface area contributed by atoms with Crippen LogP contribution >= 0.6 is 0 Å². The molecule has 0 bridgehead atoms. The molecule has 0 atom stereocenters. The number of rotatable bonds is 7. The zero-order valence-corrected chi connectivity index (χ0v) is 17.0. The van der Waals surface area contributed by atoms with Crippen LogP contribution in [0.2, 0.25) is 0 Å². The van der Waals surface area contributed by atoms with Gasteiger partial charge in [-0.15, -0.1) is 0 Å². The second kappa shape index (κ2) is 8.85. The van der Waals surface area contributed by atoms with Gasteiger partial charge in [0.2, 0.25) is 0 Å². The molecule has 3 aromatic carbocycles. The Kier molecular flexibility index (Phi) is 5.82. The lowest BCUT2D eigenvalue weighted by Gasteiger charge is -2.15. The fourth-order valence-electron chi connectivity index (χ4n) is 3.50. The summed E-state index contributed by atoms with van der Waals surface area (Å²) in [4.78, 5) is 24.1. The summed E-state index contributed by atoms with van der Waals surface area (Å²) in [6.45, 7) is 3.05. The summed E-state index contributed by atoms with van der Waals surface area (Å²) in [5, 5.41) is 15.4. The molecule has 6 heteroatoms. The van der Waals surface area contributed by atoms with Crippen LogP contribution in [0.3, 0.4) is 0 Å². The molecule has 3 N–H and O–H groups in total. The van der Waals surface area contributed by atoms with Gasteiger partial charge in [-0.1, -0.05) is 42.5 Å². The van der Waals surface area contributed by atoms with E-state index in [1.807, 2.05) is 55.5 Å². The van der Waals surface area contributed by atoms with E-state index in [4.69, 9.17) is 9.84 Å². The predicted molar refractivity (Wildman–Crippen MR) is 121 cm³/mol. The monoisotopic (exact) mass is 414 g/mol. The smallest absolute Gasteiger partial charge is 0.335 e. The number of carbonyl (C=O) groups is 2. The van der Waals surface area contributed by atoms with E-state index in [9.17, 15) is 9.59 Å². The molecule has 156 valence electrons. The standard InChI is InChI=1S/C25H22N2O4/c1-2-31-15-16-8-13-20-21(14-16)27-24(28)22(20)23(17-6-4-3-5-7-17)26-19-11-9-18(10-12-19)25(29)30/h3-14,26H,2,15H2,1H3,(H,27,28)(H,29,30)/b23-22-. The molecule has 3 aromatic rings. The number of carboxylic acid groups (broad SMARTS) is 1. The van der Waals surface area contributed by atoms with Crippen molar-refractivity contribution in [3.05, 3.63) is 95.1 Å². The second-order valence-electron chi connectivity index (χ2n) is 7.09. The molecule has 0 aliphatic carbocycles. The third-order valence-corrected chi connectivity index (χ3v) is 5.02. The van der Waals surface area contributed by atoms with Crippen LogP contribution in [0.15, 0.2) is 72.8 Å². The molecule has 0 radical (unpaired) electrons. The Balaban J connectivity index is 1.78. The van der Waals surface area contributed by atoms with Crippen LogP contribution < -0.4 is 10.6 Å². The van der Waals surface area contributed by atoms with E-state index in [0.29, 0.717) is 30.2 Å². The number of hydrogen-bond acceptors (Lipinski definition) is 4. The summed E-state index contributed by atoms with van der Waals surface area (Å²) in [5.41, 5.74) is 5.45. The molecule has 0 aromatic heterocycles. The molecular formula is C25H22N2O4. The van der Waals surface area contributed by atoms with Crippen molar-refractivity contribution < 1.29 is 19.4 Å². The Labute approximate surface area is 180 Å². The van der Waals surface area contributed by atoms with Gasteiger partial charge >= 0.3 is 5.97 Å². The Morgan fingerprint density at radius 2 is 1.74 bits per heavy atom. The minimum absolute atomic E-state index is 0.197. The Morgan fingerprint density at radius 1 is 1.00 bits per heavy atom. The topological polar surface area (TPSA) is 87.7 Å². The third kappa shape index (κ3) is 4.34. The van der Waals surface area contributed by atoms with Gasteiger partial charge < -0.3 is 20.5 Å². The van der Waals surface area contributed by atoms with Gasteiger partial charge in [0.05, 0.1) is 23.4 Å². The highest BCUT2D eigenvalue weighted by Gasteiger charge is 2.28. The van der Waals surface area contributed by atoms with Gasteiger partial charge in [-0.25, -0.2) is 4.79 Å². The van der Waals surface area contributed by atoms with E-state index >= 15 is 0 Å². The van der Waals surface area contributed by atoms with Crippen LogP contribution in [0.4, 0.5) is 11.4 Å². The summed E-state index contributed by atoms with van der Waals surface area (Å²) in [7, 11) is 0. The molecule has 4 rings (SSSR count). The first kappa shape index (κ1) is 20.4. The van der Waals surface area contributed by atoms with Crippen LogP contribution in [-0.4, -0.2) is 23.6 Å². The number of ether oxygens (including phenoxy) is 1. The summed E-state index contributed by atoms with van der Waals surface area (Å²) in [6.07, 6.45) is 0. The summed E-state index contributed by atoms with van der Waals surface area (Å²) < 4.78 is 5.48. The van der Waals surface area contributed by atoms with E-state index in [1.54, 1.807) is 12.1 Å². The molecule has 0 fully saturated rings. The zero-order valence-electron chi connectivity index (χ0n) is 17.0. The van der Waals surface area contributed by atoms with Crippen LogP contribution in [0.1, 0.15) is 34.0 Å². The summed E-state index contributed by atoms with van der Waals surface area (Å²) >= 11 is 0. The maximum absolute atomic E-state index is 13.0. The van der Waals surface area contributed by atoms with Gasteiger partial charge in [0.15, 0.2) is 0 Å². The van der Waals surface area contributed by atoms with E-state index < -0.39 is 5.97 Å². The number of amides is 1. The number of aromatic carboxylic acids is 1. The lowest BCUT2D eigenvalue weighted by molar-refractivity contribution is -0.110. The number of carboxylic acids is 1. The van der Waals surface area contributed by atoms with Gasteiger partial charge in [0.25, 0.3) is 5.91 Å². The lowest BCUT2D eigenvalue weighted by atomic mass is 9.99. The van der Waals surface area contributed by atoms with Crippen molar-refractivity contribution in [3.8, 4) is 0 Å². The molecule has 0 saturated heterocycles. The Morgan fingerprint density at radius 3 is 2.42 bits per heavy atom. The second-order valence-corrected chi connectivity index (χ2v) is 7.09. The normalized spacial score (nSPS) is 14.0. The number of anilines is 2. The van der Waals surface area contributed by atoms with Crippen LogP contribution in [-0.2, 0) is 16.1 Å². The number of nitrogens with one attached hydrogen (secondary N) is 2. The third-order valence-electron chi connectivity index (χ3n) is 5.02. The maximum Gasteiger partial charge on any atom is 0.335 e. The quantitative estimate of drug-likeness (QED) is 0.481. The highest BCUT2D eigenvalue weighted by Crippen LogP contribution is 2.38. The van der Waals surface area contributed by atoms with Crippen LogP contribution in [0.25, 0.3) is 11.3 Å². The van der Waals surface area contributed by atoms with Gasteiger partial charge in [-0.05, 0) is 48.4 Å². The van der Waals surface area contributed by atoms with Crippen molar-refractivity contribution in [3.63, 3.8) is 0 Å². The SMILES string of the molecule is CCOCc1ccc2c(c1)NC(=O)/C2=C(\Nc1ccc(C(=O)O)cc1)c1ccccc1. The highest BCUT2D eigenvalue weighted by atomic mass is 16.5. The van der Waals surface area contributed by atoms with Gasteiger partial charge in [-0.2, -0.15) is 0 Å². The van der Waals surface area contributed by atoms with Crippen molar-refractivity contribution in [1.29, 1.82) is 0 Å². The minimum Gasteiger partial charge on any atom is -0.478 e. The number of fused-ring (bicyclic) bond motifs is 1. The van der Waals surface area contributed by atoms with Crippen molar-refractivity contribution in [2.75, 3.05) is 17.2 Å². The van der Waals surface area contributed by atoms with E-state index in [1.165, 1.54) is 12.1 Å². The highest BCUT2D eigenvalue weighted by molar-refractivity contribution is 6.37. The molecule has 31 heavy (non-hydrogen) atoms. The molecule has 0 spiro atoms. The van der Waals surface area contributed by atoms with Crippen LogP contribution in [0, 0.1) is 0 Å². The fraction of sp³-hybridized carbons (Fsp3) is 0.120. The molecule has 0 unspecified atom stereocenters. The number of carbonyl (C=O) groups excluding carboxylic acids is 1. The van der Waals surface area contributed by atoms with Gasteiger partial charge in [-0.3, -0.25) is 4.79 Å². The largest absolute Gasteiger partial charge is 0.478 e. The van der Waals surface area contributed by atoms with E-state index in [0.717, 1.165) is 22.4 Å². The number of hydrogen-bond donors (Lipinski definition) is 3. The maximum atomic E-state index is 13.0. The fourth-order valence-corrected chi connectivity index (χ4v) is 3.50.